The molecule has 1 saturated heterocycles. The van der Waals surface area contributed by atoms with Crippen LogP contribution in [0.1, 0.15) is 37.8 Å². The molecule has 2 amide bonds. The van der Waals surface area contributed by atoms with Gasteiger partial charge in [0.1, 0.15) is 0 Å². The molecule has 186 valence electrons. The standard InChI is InChI=1S/C25H29N3O6S/c1-16-11-20-13-21(4-5-22(20)28(16)17(2)29)35(31,32)27-9-7-19(8-10-27)25(30)26-14-18-3-6-23-24(12-18)34-15-33-23/h3-6,12-13,16,19H,7-11,14-15H2,1-2H3,(H,26,30)/t16-/m0/s1. The van der Waals surface area contributed by atoms with E-state index in [1.54, 1.807) is 23.1 Å². The zero-order chi connectivity index (χ0) is 24.7. The van der Waals surface area contributed by atoms with E-state index < -0.39 is 10.0 Å². The van der Waals surface area contributed by atoms with Gasteiger partial charge in [-0.15, -0.1) is 0 Å². The highest BCUT2D eigenvalue weighted by Crippen LogP contribution is 2.35. The van der Waals surface area contributed by atoms with E-state index >= 15 is 0 Å². The van der Waals surface area contributed by atoms with Gasteiger partial charge in [-0.25, -0.2) is 8.42 Å². The summed E-state index contributed by atoms with van der Waals surface area (Å²) >= 11 is 0. The van der Waals surface area contributed by atoms with E-state index in [2.05, 4.69) is 5.32 Å². The molecule has 10 heteroatoms. The lowest BCUT2D eigenvalue weighted by Crippen LogP contribution is -2.42. The lowest BCUT2D eigenvalue weighted by atomic mass is 9.97. The number of sulfonamides is 1. The Labute approximate surface area is 205 Å². The van der Waals surface area contributed by atoms with Gasteiger partial charge in [0, 0.05) is 44.2 Å². The van der Waals surface area contributed by atoms with Crippen LogP contribution in [-0.4, -0.2) is 50.5 Å². The Kier molecular flexibility index (Phi) is 6.18. The van der Waals surface area contributed by atoms with Gasteiger partial charge in [-0.1, -0.05) is 6.07 Å². The van der Waals surface area contributed by atoms with Gasteiger partial charge < -0.3 is 19.7 Å². The number of piperidine rings is 1. The summed E-state index contributed by atoms with van der Waals surface area (Å²) in [4.78, 5) is 26.6. The minimum Gasteiger partial charge on any atom is -0.454 e. The Morgan fingerprint density at radius 3 is 2.54 bits per heavy atom. The van der Waals surface area contributed by atoms with Crippen LogP contribution in [0.25, 0.3) is 0 Å². The highest BCUT2D eigenvalue weighted by Gasteiger charge is 2.34. The van der Waals surface area contributed by atoms with Crippen molar-refractivity contribution in [1.29, 1.82) is 0 Å². The maximum absolute atomic E-state index is 13.3. The predicted octanol–water partition coefficient (Wildman–Crippen LogP) is 2.43. The predicted molar refractivity (Wildman–Crippen MR) is 129 cm³/mol. The Balaban J connectivity index is 1.19. The van der Waals surface area contributed by atoms with Crippen LogP contribution in [0.15, 0.2) is 41.3 Å². The first-order valence-corrected chi connectivity index (χ1v) is 13.3. The molecule has 2 aromatic rings. The second-order valence-corrected chi connectivity index (χ2v) is 11.3. The third-order valence-corrected chi connectivity index (χ3v) is 8.87. The molecule has 3 aliphatic rings. The van der Waals surface area contributed by atoms with Crippen LogP contribution in [0.4, 0.5) is 5.69 Å². The highest BCUT2D eigenvalue weighted by molar-refractivity contribution is 7.89. The van der Waals surface area contributed by atoms with Gasteiger partial charge in [0.25, 0.3) is 0 Å². The summed E-state index contributed by atoms with van der Waals surface area (Å²) in [5.74, 6) is 1.01. The number of fused-ring (bicyclic) bond motifs is 2. The number of hydrogen-bond acceptors (Lipinski definition) is 6. The van der Waals surface area contributed by atoms with E-state index in [0.29, 0.717) is 37.3 Å². The van der Waals surface area contributed by atoms with Crippen molar-refractivity contribution in [1.82, 2.24) is 9.62 Å². The van der Waals surface area contributed by atoms with E-state index in [1.165, 1.54) is 11.2 Å². The molecular weight excluding hydrogens is 470 g/mol. The van der Waals surface area contributed by atoms with Crippen LogP contribution in [0.3, 0.4) is 0 Å². The number of carbonyl (C=O) groups is 2. The van der Waals surface area contributed by atoms with Gasteiger partial charge in [0.15, 0.2) is 11.5 Å². The number of hydrogen-bond donors (Lipinski definition) is 1. The minimum atomic E-state index is -3.68. The van der Waals surface area contributed by atoms with Crippen molar-refractivity contribution in [3.05, 3.63) is 47.5 Å². The zero-order valence-electron chi connectivity index (χ0n) is 19.8. The van der Waals surface area contributed by atoms with Crippen LogP contribution in [0, 0.1) is 5.92 Å². The molecule has 1 fully saturated rings. The second-order valence-electron chi connectivity index (χ2n) is 9.32. The third-order valence-electron chi connectivity index (χ3n) is 6.97. The normalized spacial score (nSPS) is 20.1. The van der Waals surface area contributed by atoms with E-state index in [-0.39, 0.29) is 48.6 Å². The van der Waals surface area contributed by atoms with Crippen molar-refractivity contribution >= 4 is 27.5 Å². The molecule has 5 rings (SSSR count). The van der Waals surface area contributed by atoms with Gasteiger partial charge in [-0.3, -0.25) is 9.59 Å². The SMILES string of the molecule is CC(=O)N1c2ccc(S(=O)(=O)N3CCC(C(=O)NCc4ccc5c(c4)OCO5)CC3)cc2C[C@@H]1C. The Hall–Kier alpha value is -3.11. The number of nitrogens with zero attached hydrogens (tertiary/aromatic N) is 2. The molecule has 35 heavy (non-hydrogen) atoms. The fourth-order valence-corrected chi connectivity index (χ4v) is 6.66. The second kappa shape index (κ2) is 9.16. The van der Waals surface area contributed by atoms with Crippen LogP contribution in [0.5, 0.6) is 11.5 Å². The summed E-state index contributed by atoms with van der Waals surface area (Å²) in [7, 11) is -3.68. The summed E-state index contributed by atoms with van der Waals surface area (Å²) in [6.45, 7) is 4.63. The number of nitrogens with one attached hydrogen (secondary N) is 1. The average molecular weight is 500 g/mol. The van der Waals surface area contributed by atoms with Crippen LogP contribution < -0.4 is 19.7 Å². The first kappa shape index (κ1) is 23.6. The maximum atomic E-state index is 13.3. The van der Waals surface area contributed by atoms with Gasteiger partial charge in [-0.05, 0) is 67.6 Å². The molecule has 1 N–H and O–H groups in total. The number of anilines is 1. The van der Waals surface area contributed by atoms with Crippen molar-refractivity contribution in [2.75, 3.05) is 24.8 Å². The quantitative estimate of drug-likeness (QED) is 0.678. The molecule has 0 spiro atoms. The fraction of sp³-hybridized carbons (Fsp3) is 0.440. The van der Waals surface area contributed by atoms with Crippen molar-refractivity contribution in [3.8, 4) is 11.5 Å². The Morgan fingerprint density at radius 1 is 1.06 bits per heavy atom. The molecule has 0 saturated carbocycles. The molecular formula is C25H29N3O6S. The van der Waals surface area contributed by atoms with Gasteiger partial charge in [-0.2, -0.15) is 4.31 Å². The van der Waals surface area contributed by atoms with Crippen LogP contribution in [0.2, 0.25) is 0 Å². The lowest BCUT2D eigenvalue weighted by Gasteiger charge is -2.30. The summed E-state index contributed by atoms with van der Waals surface area (Å²) in [5.41, 5.74) is 2.56. The van der Waals surface area contributed by atoms with Crippen LogP contribution >= 0.6 is 0 Å². The summed E-state index contributed by atoms with van der Waals surface area (Å²) in [6.07, 6.45) is 1.56. The molecule has 0 aliphatic carbocycles. The summed E-state index contributed by atoms with van der Waals surface area (Å²) in [5, 5.41) is 2.96. The number of rotatable bonds is 5. The topological polar surface area (TPSA) is 105 Å². The van der Waals surface area contributed by atoms with Crippen molar-refractivity contribution < 1.29 is 27.5 Å². The maximum Gasteiger partial charge on any atom is 0.243 e. The molecule has 9 nitrogen and oxygen atoms in total. The molecule has 0 unspecified atom stereocenters. The van der Waals surface area contributed by atoms with Gasteiger partial charge >= 0.3 is 0 Å². The monoisotopic (exact) mass is 499 g/mol. The molecule has 1 atom stereocenters. The first-order chi connectivity index (χ1) is 16.7. The number of amides is 2. The van der Waals surface area contributed by atoms with E-state index in [4.69, 9.17) is 9.47 Å². The average Bonchev–Trinajstić information content (AvgIpc) is 3.44. The molecule has 0 bridgehead atoms. The summed E-state index contributed by atoms with van der Waals surface area (Å²) < 4.78 is 38.7. The van der Waals surface area contributed by atoms with E-state index in [9.17, 15) is 18.0 Å². The number of carbonyl (C=O) groups excluding carboxylic acids is 2. The zero-order valence-corrected chi connectivity index (χ0v) is 20.6. The van der Waals surface area contributed by atoms with E-state index in [0.717, 1.165) is 16.8 Å². The first-order valence-electron chi connectivity index (χ1n) is 11.8. The van der Waals surface area contributed by atoms with Crippen molar-refractivity contribution in [3.63, 3.8) is 0 Å². The minimum absolute atomic E-state index is 0.00683. The van der Waals surface area contributed by atoms with Crippen LogP contribution in [-0.2, 0) is 32.6 Å². The molecule has 3 aliphatic heterocycles. The smallest absolute Gasteiger partial charge is 0.243 e. The summed E-state index contributed by atoms with van der Waals surface area (Å²) in [6, 6.07) is 10.6. The molecule has 0 radical (unpaired) electrons. The molecule has 0 aromatic heterocycles. The third kappa shape index (κ3) is 4.48. The Bertz CT molecular complexity index is 1270. The highest BCUT2D eigenvalue weighted by atomic mass is 32.2. The van der Waals surface area contributed by atoms with E-state index in [1.807, 2.05) is 25.1 Å². The molecule has 2 aromatic carbocycles. The number of ether oxygens (including phenoxy) is 2. The largest absolute Gasteiger partial charge is 0.454 e. The van der Waals surface area contributed by atoms with Gasteiger partial charge in [0.2, 0.25) is 28.6 Å². The lowest BCUT2D eigenvalue weighted by molar-refractivity contribution is -0.126. The van der Waals surface area contributed by atoms with Crippen molar-refractivity contribution in [2.45, 2.75) is 50.6 Å². The fourth-order valence-electron chi connectivity index (χ4n) is 5.14. The van der Waals surface area contributed by atoms with Gasteiger partial charge in [0.05, 0.1) is 4.90 Å². The Morgan fingerprint density at radius 2 is 1.80 bits per heavy atom. The van der Waals surface area contributed by atoms with Crippen molar-refractivity contribution in [2.24, 2.45) is 5.92 Å². The molecule has 3 heterocycles. The number of benzene rings is 2.